The molecule has 184 valence electrons. The number of benzene rings is 3. The molecule has 3 aromatic rings. The molecule has 0 saturated carbocycles. The van der Waals surface area contributed by atoms with Gasteiger partial charge < -0.3 is 5.11 Å². The van der Waals surface area contributed by atoms with Crippen molar-refractivity contribution in [2.45, 2.75) is 12.7 Å². The molecule has 2 amide bonds. The summed E-state index contributed by atoms with van der Waals surface area (Å²) in [5.41, 5.74) is 0.0426. The van der Waals surface area contributed by atoms with E-state index in [4.69, 9.17) is 23.2 Å². The van der Waals surface area contributed by atoms with Crippen molar-refractivity contribution in [1.82, 2.24) is 4.90 Å². The van der Waals surface area contributed by atoms with Crippen LogP contribution < -0.4 is 0 Å². The first kappa shape index (κ1) is 25.7. The smallest absolute Gasteiger partial charge is 0.416 e. The lowest BCUT2D eigenvalue weighted by Gasteiger charge is -2.13. The standard InChI is InChI=1S/C24H14Cl2F3N3O3S/c25-16-5-4-13(19(26)11-16)12-32-22(34)21(36-23(32)35)9-14-8-18(6-7-20(14)33)31-30-17-3-1-2-15(10-17)24(27,28)29/h1-11,33H,12H2/b21-9-,31-30?. The lowest BCUT2D eigenvalue weighted by molar-refractivity contribution is -0.137. The zero-order valence-corrected chi connectivity index (χ0v) is 20.3. The molecule has 4 rings (SSSR count). The van der Waals surface area contributed by atoms with Crippen LogP contribution in [0.15, 0.2) is 75.8 Å². The number of aromatic hydroxyl groups is 1. The number of amides is 2. The highest BCUT2D eigenvalue weighted by atomic mass is 35.5. The van der Waals surface area contributed by atoms with E-state index < -0.39 is 22.9 Å². The minimum atomic E-state index is -4.51. The van der Waals surface area contributed by atoms with Crippen LogP contribution in [0.5, 0.6) is 5.75 Å². The Morgan fingerprint density at radius 2 is 1.69 bits per heavy atom. The van der Waals surface area contributed by atoms with Crippen molar-refractivity contribution in [1.29, 1.82) is 0 Å². The zero-order valence-electron chi connectivity index (χ0n) is 18.0. The fourth-order valence-corrected chi connectivity index (χ4v) is 4.47. The van der Waals surface area contributed by atoms with Gasteiger partial charge in [-0.3, -0.25) is 14.5 Å². The van der Waals surface area contributed by atoms with Crippen LogP contribution in [0.25, 0.3) is 6.08 Å². The molecule has 0 atom stereocenters. The van der Waals surface area contributed by atoms with Gasteiger partial charge in [-0.15, -0.1) is 0 Å². The molecule has 0 bridgehead atoms. The van der Waals surface area contributed by atoms with Gasteiger partial charge in [0.2, 0.25) is 0 Å². The van der Waals surface area contributed by atoms with Crippen LogP contribution in [0, 0.1) is 0 Å². The molecule has 12 heteroatoms. The van der Waals surface area contributed by atoms with Crippen LogP contribution in [0.4, 0.5) is 29.3 Å². The van der Waals surface area contributed by atoms with E-state index in [1.807, 2.05) is 0 Å². The van der Waals surface area contributed by atoms with Crippen LogP contribution in [0.3, 0.4) is 0 Å². The van der Waals surface area contributed by atoms with Gasteiger partial charge >= 0.3 is 6.18 Å². The van der Waals surface area contributed by atoms with Gasteiger partial charge in [0.25, 0.3) is 11.1 Å². The SMILES string of the molecule is O=C1S/C(=C\c2cc(N=Nc3cccc(C(F)(F)F)c3)ccc2O)C(=O)N1Cc1ccc(Cl)cc1Cl. The topological polar surface area (TPSA) is 82.3 Å². The molecule has 0 spiro atoms. The van der Waals surface area contributed by atoms with E-state index in [1.54, 1.807) is 12.1 Å². The van der Waals surface area contributed by atoms with Crippen LogP contribution in [-0.4, -0.2) is 21.2 Å². The van der Waals surface area contributed by atoms with Crippen molar-refractivity contribution in [3.63, 3.8) is 0 Å². The van der Waals surface area contributed by atoms with E-state index >= 15 is 0 Å². The molecule has 1 N–H and O–H groups in total. The average molecular weight is 552 g/mol. The molecule has 0 aliphatic carbocycles. The minimum absolute atomic E-state index is 0.0126. The Hall–Kier alpha value is -3.34. The molecule has 0 radical (unpaired) electrons. The van der Waals surface area contributed by atoms with E-state index in [0.717, 1.165) is 17.0 Å². The quantitative estimate of drug-likeness (QED) is 0.255. The van der Waals surface area contributed by atoms with Gasteiger partial charge in [-0.1, -0.05) is 35.3 Å². The average Bonchev–Trinajstić information content (AvgIpc) is 3.08. The van der Waals surface area contributed by atoms with Crippen molar-refractivity contribution in [2.24, 2.45) is 10.2 Å². The zero-order chi connectivity index (χ0) is 26.0. The van der Waals surface area contributed by atoms with Crippen LogP contribution in [0.1, 0.15) is 16.7 Å². The molecule has 0 unspecified atom stereocenters. The van der Waals surface area contributed by atoms with Crippen molar-refractivity contribution in [3.8, 4) is 5.75 Å². The van der Waals surface area contributed by atoms with Crippen LogP contribution >= 0.6 is 35.0 Å². The summed E-state index contributed by atoms with van der Waals surface area (Å²) in [6.07, 6.45) is -3.19. The Morgan fingerprint density at radius 1 is 0.972 bits per heavy atom. The number of thioether (sulfide) groups is 1. The normalized spacial score (nSPS) is 15.5. The summed E-state index contributed by atoms with van der Waals surface area (Å²) in [5.74, 6) is -0.771. The van der Waals surface area contributed by atoms with E-state index in [-0.39, 0.29) is 34.1 Å². The second-order valence-corrected chi connectivity index (χ2v) is 9.33. The summed E-state index contributed by atoms with van der Waals surface area (Å²) < 4.78 is 38.7. The highest BCUT2D eigenvalue weighted by molar-refractivity contribution is 8.18. The van der Waals surface area contributed by atoms with Crippen molar-refractivity contribution in [3.05, 3.63) is 92.3 Å². The lowest BCUT2D eigenvalue weighted by atomic mass is 10.1. The predicted molar refractivity (Wildman–Crippen MR) is 132 cm³/mol. The van der Waals surface area contributed by atoms with Crippen molar-refractivity contribution < 1.29 is 27.9 Å². The first-order valence-corrected chi connectivity index (χ1v) is 11.7. The highest BCUT2D eigenvalue weighted by Crippen LogP contribution is 2.37. The molecular weight excluding hydrogens is 538 g/mol. The molecule has 3 aromatic carbocycles. The third-order valence-electron chi connectivity index (χ3n) is 4.97. The maximum atomic E-state index is 12.9. The van der Waals surface area contributed by atoms with Gasteiger partial charge in [-0.05, 0) is 71.9 Å². The molecule has 0 aromatic heterocycles. The largest absolute Gasteiger partial charge is 0.507 e. The van der Waals surface area contributed by atoms with Gasteiger partial charge in [0, 0.05) is 15.6 Å². The lowest BCUT2D eigenvalue weighted by Crippen LogP contribution is -2.27. The number of hydrogen-bond acceptors (Lipinski definition) is 6. The first-order valence-electron chi connectivity index (χ1n) is 10.1. The molecule has 1 saturated heterocycles. The number of carbonyl (C=O) groups is 2. The number of halogens is 5. The Balaban J connectivity index is 1.55. The summed E-state index contributed by atoms with van der Waals surface area (Å²) in [6.45, 7) is -0.0603. The maximum Gasteiger partial charge on any atom is 0.416 e. The summed E-state index contributed by atoms with van der Waals surface area (Å²) in [6, 6.07) is 13.1. The fraction of sp³-hybridized carbons (Fsp3) is 0.0833. The Bertz CT molecular complexity index is 1430. The van der Waals surface area contributed by atoms with Crippen LogP contribution in [0.2, 0.25) is 10.0 Å². The molecule has 1 aliphatic rings. The number of alkyl halides is 3. The van der Waals surface area contributed by atoms with Crippen LogP contribution in [-0.2, 0) is 17.5 Å². The molecule has 1 aliphatic heterocycles. The first-order chi connectivity index (χ1) is 17.0. The maximum absolute atomic E-state index is 12.9. The molecule has 36 heavy (non-hydrogen) atoms. The Labute approximate surface area is 217 Å². The molecule has 6 nitrogen and oxygen atoms in total. The number of carbonyl (C=O) groups excluding carboxylic acids is 2. The summed E-state index contributed by atoms with van der Waals surface area (Å²) >= 11 is 12.7. The van der Waals surface area contributed by atoms with E-state index in [2.05, 4.69) is 10.2 Å². The monoisotopic (exact) mass is 551 g/mol. The summed E-state index contributed by atoms with van der Waals surface area (Å²) in [7, 11) is 0. The van der Waals surface area contributed by atoms with E-state index in [9.17, 15) is 27.9 Å². The third-order valence-corrected chi connectivity index (χ3v) is 6.46. The highest BCUT2D eigenvalue weighted by Gasteiger charge is 2.35. The summed E-state index contributed by atoms with van der Waals surface area (Å²) in [5, 5.41) is 18.2. The number of phenolic OH excluding ortho intramolecular Hbond substituents is 1. The Kier molecular flexibility index (Phi) is 7.39. The van der Waals surface area contributed by atoms with Crippen molar-refractivity contribution >= 4 is 63.6 Å². The number of rotatable bonds is 5. The number of hydrogen-bond donors (Lipinski definition) is 1. The number of phenols is 1. The van der Waals surface area contributed by atoms with Gasteiger partial charge in [-0.25, -0.2) is 0 Å². The van der Waals surface area contributed by atoms with E-state index in [0.29, 0.717) is 27.4 Å². The molecule has 1 fully saturated rings. The molecule has 1 heterocycles. The van der Waals surface area contributed by atoms with Gasteiger partial charge in [0.15, 0.2) is 0 Å². The molecular formula is C24H14Cl2F3N3O3S. The van der Waals surface area contributed by atoms with Crippen molar-refractivity contribution in [2.75, 3.05) is 0 Å². The fourth-order valence-electron chi connectivity index (χ4n) is 3.18. The summed E-state index contributed by atoms with van der Waals surface area (Å²) in [4.78, 5) is 26.4. The van der Waals surface area contributed by atoms with Gasteiger partial charge in [0.1, 0.15) is 5.75 Å². The number of nitrogens with zero attached hydrogens (tertiary/aromatic N) is 3. The third kappa shape index (κ3) is 5.89. The predicted octanol–water partition coefficient (Wildman–Crippen LogP) is 8.37. The number of imide groups is 1. The van der Waals surface area contributed by atoms with E-state index in [1.165, 1.54) is 42.5 Å². The second kappa shape index (κ2) is 10.3. The van der Waals surface area contributed by atoms with Gasteiger partial charge in [-0.2, -0.15) is 23.4 Å². The van der Waals surface area contributed by atoms with Gasteiger partial charge in [0.05, 0.1) is 28.4 Å². The second-order valence-electron chi connectivity index (χ2n) is 7.49. The number of azo groups is 1. The Morgan fingerprint density at radius 3 is 2.39 bits per heavy atom. The minimum Gasteiger partial charge on any atom is -0.507 e.